The van der Waals surface area contributed by atoms with Crippen LogP contribution in [-0.4, -0.2) is 4.98 Å². The molecule has 0 saturated carbocycles. The Morgan fingerprint density at radius 3 is 2.52 bits per heavy atom. The lowest BCUT2D eigenvalue weighted by Crippen LogP contribution is -2.12. The Labute approximate surface area is 197 Å². The summed E-state index contributed by atoms with van der Waals surface area (Å²) in [4.78, 5) is 6.10. The summed E-state index contributed by atoms with van der Waals surface area (Å²) in [6, 6.07) is 26.0. The minimum atomic E-state index is 0.0181. The maximum atomic E-state index is 6.54. The topological polar surface area (TPSA) is 26.0 Å². The molecule has 0 fully saturated rings. The number of benzene rings is 3. The molecule has 0 radical (unpaired) electrons. The van der Waals surface area contributed by atoms with Gasteiger partial charge in [0.2, 0.25) is 0 Å². The molecule has 0 bridgehead atoms. The number of rotatable bonds is 2. The Morgan fingerprint density at radius 1 is 0.818 bits per heavy atom. The SMILES string of the molecule is Cc1cc2c(-c3cc4ccnc(-c5cc(C(C)(C)C)c6ccccc6c5)c4o3)cccc2s1. The molecule has 3 aromatic carbocycles. The van der Waals surface area contributed by atoms with E-state index in [4.69, 9.17) is 9.40 Å². The van der Waals surface area contributed by atoms with Crippen molar-refractivity contribution in [1.29, 1.82) is 0 Å². The first-order chi connectivity index (χ1) is 15.9. The fraction of sp³-hybridized carbons (Fsp3) is 0.167. The molecule has 6 aromatic rings. The number of nitrogens with zero attached hydrogens (tertiary/aromatic N) is 1. The second-order valence-electron chi connectivity index (χ2n) is 9.76. The molecule has 0 aliphatic rings. The van der Waals surface area contributed by atoms with Gasteiger partial charge in [0.25, 0.3) is 0 Å². The maximum Gasteiger partial charge on any atom is 0.161 e. The predicted octanol–water partition coefficient (Wildman–Crippen LogP) is 9.14. The van der Waals surface area contributed by atoms with E-state index in [1.807, 2.05) is 23.6 Å². The molecule has 162 valence electrons. The first kappa shape index (κ1) is 20.2. The highest BCUT2D eigenvalue weighted by Crippen LogP contribution is 2.40. The lowest BCUT2D eigenvalue weighted by Gasteiger charge is -2.22. The number of fused-ring (bicyclic) bond motifs is 3. The average molecular weight is 448 g/mol. The Balaban J connectivity index is 1.59. The van der Waals surface area contributed by atoms with Crippen molar-refractivity contribution in [2.24, 2.45) is 0 Å². The van der Waals surface area contributed by atoms with E-state index < -0.39 is 0 Å². The van der Waals surface area contributed by atoms with Crippen molar-refractivity contribution in [3.8, 4) is 22.6 Å². The summed E-state index contributed by atoms with van der Waals surface area (Å²) in [5, 5.41) is 4.84. The van der Waals surface area contributed by atoms with Gasteiger partial charge in [0.1, 0.15) is 11.5 Å². The first-order valence-electron chi connectivity index (χ1n) is 11.3. The van der Waals surface area contributed by atoms with Gasteiger partial charge in [0.05, 0.1) is 0 Å². The van der Waals surface area contributed by atoms with Crippen LogP contribution in [0.15, 0.2) is 83.4 Å². The van der Waals surface area contributed by atoms with Crippen molar-refractivity contribution in [2.75, 3.05) is 0 Å². The smallest absolute Gasteiger partial charge is 0.161 e. The van der Waals surface area contributed by atoms with Gasteiger partial charge in [0.15, 0.2) is 5.58 Å². The van der Waals surface area contributed by atoms with Crippen LogP contribution in [0.25, 0.3) is 54.4 Å². The van der Waals surface area contributed by atoms with E-state index in [1.165, 1.54) is 31.3 Å². The van der Waals surface area contributed by atoms with Gasteiger partial charge in [-0.25, -0.2) is 0 Å². The molecular formula is C30H25NOS. The number of furan rings is 1. The molecule has 2 nitrogen and oxygen atoms in total. The Kier molecular flexibility index (Phi) is 4.46. The van der Waals surface area contributed by atoms with Crippen molar-refractivity contribution in [2.45, 2.75) is 33.1 Å². The molecule has 0 unspecified atom stereocenters. The van der Waals surface area contributed by atoms with Crippen LogP contribution in [-0.2, 0) is 5.41 Å². The molecular weight excluding hydrogens is 422 g/mol. The van der Waals surface area contributed by atoms with Gasteiger partial charge in [-0.1, -0.05) is 57.2 Å². The van der Waals surface area contributed by atoms with Gasteiger partial charge in [-0.3, -0.25) is 4.98 Å². The van der Waals surface area contributed by atoms with Gasteiger partial charge in [-0.15, -0.1) is 11.3 Å². The second kappa shape index (κ2) is 7.29. The summed E-state index contributed by atoms with van der Waals surface area (Å²) in [6.07, 6.45) is 1.89. The number of pyridine rings is 1. The van der Waals surface area contributed by atoms with E-state index in [-0.39, 0.29) is 5.41 Å². The molecule has 3 heteroatoms. The van der Waals surface area contributed by atoms with Gasteiger partial charge in [0, 0.05) is 37.7 Å². The molecule has 33 heavy (non-hydrogen) atoms. The number of hydrogen-bond acceptors (Lipinski definition) is 3. The van der Waals surface area contributed by atoms with E-state index in [9.17, 15) is 0 Å². The second-order valence-corrected chi connectivity index (χ2v) is 11.0. The lowest BCUT2D eigenvalue weighted by molar-refractivity contribution is 0.596. The number of thiophene rings is 1. The minimum Gasteiger partial charge on any atom is -0.454 e. The largest absolute Gasteiger partial charge is 0.454 e. The fourth-order valence-electron chi connectivity index (χ4n) is 4.77. The molecule has 0 saturated heterocycles. The summed E-state index contributed by atoms with van der Waals surface area (Å²) >= 11 is 1.82. The quantitative estimate of drug-likeness (QED) is 0.264. The van der Waals surface area contributed by atoms with Crippen LogP contribution >= 0.6 is 11.3 Å². The minimum absolute atomic E-state index is 0.0181. The molecule has 0 N–H and O–H groups in total. The molecule has 3 aromatic heterocycles. The third-order valence-corrected chi connectivity index (χ3v) is 7.34. The van der Waals surface area contributed by atoms with E-state index in [2.05, 4.69) is 94.4 Å². The highest BCUT2D eigenvalue weighted by atomic mass is 32.1. The van der Waals surface area contributed by atoms with Crippen molar-refractivity contribution in [3.63, 3.8) is 0 Å². The van der Waals surface area contributed by atoms with Gasteiger partial charge < -0.3 is 4.42 Å². The third-order valence-electron chi connectivity index (χ3n) is 6.33. The molecule has 3 heterocycles. The van der Waals surface area contributed by atoms with Crippen molar-refractivity contribution in [1.82, 2.24) is 4.98 Å². The Morgan fingerprint density at radius 2 is 1.67 bits per heavy atom. The number of aryl methyl sites for hydroxylation is 1. The van der Waals surface area contributed by atoms with Crippen LogP contribution in [0.1, 0.15) is 31.2 Å². The zero-order chi connectivity index (χ0) is 22.7. The molecule has 0 atom stereocenters. The predicted molar refractivity (Wildman–Crippen MR) is 141 cm³/mol. The molecule has 6 rings (SSSR count). The average Bonchev–Trinajstić information content (AvgIpc) is 3.39. The molecule has 0 aliphatic carbocycles. The molecule has 0 amide bonds. The van der Waals surface area contributed by atoms with Crippen molar-refractivity contribution >= 4 is 43.2 Å². The highest BCUT2D eigenvalue weighted by molar-refractivity contribution is 7.19. The summed E-state index contributed by atoms with van der Waals surface area (Å²) in [5.41, 5.74) is 5.29. The van der Waals surface area contributed by atoms with Gasteiger partial charge in [-0.2, -0.15) is 0 Å². The van der Waals surface area contributed by atoms with E-state index in [0.717, 1.165) is 33.6 Å². The zero-order valence-electron chi connectivity index (χ0n) is 19.3. The first-order valence-corrected chi connectivity index (χ1v) is 12.1. The maximum absolute atomic E-state index is 6.54. The van der Waals surface area contributed by atoms with Crippen molar-refractivity contribution < 1.29 is 4.42 Å². The van der Waals surface area contributed by atoms with Crippen molar-refractivity contribution in [3.05, 3.63) is 89.4 Å². The monoisotopic (exact) mass is 447 g/mol. The van der Waals surface area contributed by atoms with E-state index in [1.54, 1.807) is 0 Å². The van der Waals surface area contributed by atoms with Crippen LogP contribution in [0.4, 0.5) is 0 Å². The Bertz CT molecular complexity index is 1660. The summed E-state index contributed by atoms with van der Waals surface area (Å²) in [6.45, 7) is 8.95. The third kappa shape index (κ3) is 3.35. The van der Waals surface area contributed by atoms with Crippen LogP contribution in [0.3, 0.4) is 0 Å². The lowest BCUT2D eigenvalue weighted by atomic mass is 9.82. The number of aromatic nitrogens is 1. The standard InChI is InChI=1S/C30H25NOS/c1-18-14-24-23(10-7-11-27(24)33-18)26-17-20-12-13-31-28(29(20)32-26)21-15-19-8-5-6-9-22(19)25(16-21)30(2,3)4/h5-17H,1-4H3. The van der Waals surface area contributed by atoms with Crippen LogP contribution in [0, 0.1) is 6.92 Å². The number of hydrogen-bond donors (Lipinski definition) is 0. The van der Waals surface area contributed by atoms with Crippen LogP contribution in [0.2, 0.25) is 0 Å². The van der Waals surface area contributed by atoms with Crippen LogP contribution in [0.5, 0.6) is 0 Å². The zero-order valence-corrected chi connectivity index (χ0v) is 20.1. The normalized spacial score (nSPS) is 12.2. The van der Waals surface area contributed by atoms with Crippen LogP contribution < -0.4 is 0 Å². The fourth-order valence-corrected chi connectivity index (χ4v) is 5.72. The molecule has 0 spiro atoms. The van der Waals surface area contributed by atoms with E-state index >= 15 is 0 Å². The van der Waals surface area contributed by atoms with E-state index in [0.29, 0.717) is 0 Å². The summed E-state index contributed by atoms with van der Waals surface area (Å²) in [7, 11) is 0. The Hall–Kier alpha value is -3.43. The molecule has 0 aliphatic heterocycles. The highest BCUT2D eigenvalue weighted by Gasteiger charge is 2.20. The van der Waals surface area contributed by atoms with Gasteiger partial charge >= 0.3 is 0 Å². The van der Waals surface area contributed by atoms with Gasteiger partial charge in [-0.05, 0) is 65.1 Å². The summed E-state index contributed by atoms with van der Waals surface area (Å²) < 4.78 is 7.82. The summed E-state index contributed by atoms with van der Waals surface area (Å²) in [5.74, 6) is 0.888.